The van der Waals surface area contributed by atoms with Gasteiger partial charge >= 0.3 is 12.5 Å². The van der Waals surface area contributed by atoms with E-state index in [1.54, 1.807) is 0 Å². The first-order valence-electron chi connectivity index (χ1n) is 7.19. The van der Waals surface area contributed by atoms with Crippen LogP contribution in [0.5, 0.6) is 0 Å². The average Bonchev–Trinajstić information content (AvgIpc) is 2.78. The fourth-order valence-corrected chi connectivity index (χ4v) is 2.68. The third kappa shape index (κ3) is 4.40. The molecule has 1 aromatic rings. The molecular formula is C13H14F8N2O2. The number of alkyl halides is 8. The third-order valence-electron chi connectivity index (χ3n) is 3.82. The van der Waals surface area contributed by atoms with E-state index in [0.29, 0.717) is 4.68 Å². The van der Waals surface area contributed by atoms with Gasteiger partial charge in [0, 0.05) is 24.2 Å². The second-order valence-electron chi connectivity index (χ2n) is 5.76. The lowest BCUT2D eigenvalue weighted by molar-refractivity contribution is -0.341. The number of ether oxygens (including phenoxy) is 1. The van der Waals surface area contributed by atoms with Crippen molar-refractivity contribution in [1.29, 1.82) is 0 Å². The summed E-state index contributed by atoms with van der Waals surface area (Å²) in [5.74, 6) is -3.74. The minimum absolute atomic E-state index is 0.259. The van der Waals surface area contributed by atoms with Crippen LogP contribution in [0.3, 0.4) is 0 Å². The maximum Gasteiger partial charge on any atom is 0.522 e. The van der Waals surface area contributed by atoms with Crippen molar-refractivity contribution in [2.45, 2.75) is 63.4 Å². The largest absolute Gasteiger partial charge is 0.522 e. The van der Waals surface area contributed by atoms with Crippen molar-refractivity contribution >= 4 is 0 Å². The van der Waals surface area contributed by atoms with E-state index in [1.807, 2.05) is 0 Å². The highest BCUT2D eigenvalue weighted by Gasteiger charge is 2.51. The second kappa shape index (κ2) is 6.38. The number of aliphatic hydroxyl groups is 1. The molecule has 0 bridgehead atoms. The molecule has 0 aliphatic heterocycles. The van der Waals surface area contributed by atoms with Crippen LogP contribution in [0, 0.1) is 0 Å². The molecule has 2 rings (SSSR count). The van der Waals surface area contributed by atoms with E-state index in [9.17, 15) is 40.2 Å². The zero-order valence-corrected chi connectivity index (χ0v) is 12.8. The predicted octanol–water partition coefficient (Wildman–Crippen LogP) is 3.83. The van der Waals surface area contributed by atoms with Gasteiger partial charge in [-0.15, -0.1) is 13.2 Å². The molecule has 144 valence electrons. The van der Waals surface area contributed by atoms with Crippen LogP contribution >= 0.6 is 0 Å². The highest BCUT2D eigenvalue weighted by Crippen LogP contribution is 2.46. The number of aryl methyl sites for hydroxylation is 1. The summed E-state index contributed by atoms with van der Waals surface area (Å²) < 4.78 is 107. The Morgan fingerprint density at radius 2 is 1.88 bits per heavy atom. The van der Waals surface area contributed by atoms with Gasteiger partial charge in [-0.25, -0.2) is 8.78 Å². The molecule has 1 aliphatic carbocycles. The molecule has 1 aromatic heterocycles. The van der Waals surface area contributed by atoms with E-state index < -0.39 is 61.3 Å². The van der Waals surface area contributed by atoms with Crippen molar-refractivity contribution in [3.63, 3.8) is 0 Å². The Hall–Kier alpha value is -1.43. The summed E-state index contributed by atoms with van der Waals surface area (Å²) in [5.41, 5.74) is -2.93. The molecule has 2 atom stereocenters. The minimum Gasteiger partial charge on any atom is -0.382 e. The lowest BCUT2D eigenvalue weighted by Gasteiger charge is -2.28. The number of nitrogens with zero attached hydrogens (tertiary/aromatic N) is 2. The molecule has 0 radical (unpaired) electrons. The summed E-state index contributed by atoms with van der Waals surface area (Å²) in [7, 11) is 0. The molecule has 1 N–H and O–H groups in total. The first kappa shape index (κ1) is 19.9. The molecule has 0 saturated carbocycles. The van der Waals surface area contributed by atoms with E-state index in [1.165, 1.54) is 0 Å². The Morgan fingerprint density at radius 3 is 2.40 bits per heavy atom. The van der Waals surface area contributed by atoms with Gasteiger partial charge < -0.3 is 5.11 Å². The normalized spacial score (nSPS) is 21.9. The van der Waals surface area contributed by atoms with Crippen molar-refractivity contribution in [2.75, 3.05) is 0 Å². The highest BCUT2D eigenvalue weighted by molar-refractivity contribution is 5.35. The topological polar surface area (TPSA) is 47.3 Å². The lowest BCUT2D eigenvalue weighted by Crippen LogP contribution is -2.33. The number of aliphatic hydroxyl groups excluding tert-OH is 1. The smallest absolute Gasteiger partial charge is 0.382 e. The summed E-state index contributed by atoms with van der Waals surface area (Å²) in [4.78, 5) is 0. The van der Waals surface area contributed by atoms with E-state index in [2.05, 4.69) is 9.84 Å². The molecular weight excluding hydrogens is 368 g/mol. The van der Waals surface area contributed by atoms with Crippen LogP contribution in [-0.4, -0.2) is 33.3 Å². The number of halogens is 8. The Kier molecular flexibility index (Phi) is 5.08. The minimum atomic E-state index is -5.09. The quantitative estimate of drug-likeness (QED) is 0.806. The zero-order valence-electron chi connectivity index (χ0n) is 12.8. The Labute approximate surface area is 136 Å². The summed E-state index contributed by atoms with van der Waals surface area (Å²) in [5, 5.41) is 12.8. The second-order valence-corrected chi connectivity index (χ2v) is 5.76. The maximum atomic E-state index is 13.6. The van der Waals surface area contributed by atoms with Crippen LogP contribution in [0.2, 0.25) is 0 Å². The molecule has 0 spiro atoms. The summed E-state index contributed by atoms with van der Waals surface area (Å²) >= 11 is 0. The van der Waals surface area contributed by atoms with Gasteiger partial charge in [-0.3, -0.25) is 9.42 Å². The van der Waals surface area contributed by atoms with Crippen LogP contribution in [0.4, 0.5) is 35.1 Å². The van der Waals surface area contributed by atoms with Gasteiger partial charge in [0.2, 0.25) is 0 Å². The van der Waals surface area contributed by atoms with Crippen LogP contribution in [0.25, 0.3) is 0 Å². The van der Waals surface area contributed by atoms with Gasteiger partial charge in [-0.1, -0.05) is 0 Å². The van der Waals surface area contributed by atoms with Crippen molar-refractivity contribution < 1.29 is 45.0 Å². The van der Waals surface area contributed by atoms with Gasteiger partial charge in [-0.2, -0.15) is 18.3 Å². The van der Waals surface area contributed by atoms with Gasteiger partial charge in [0.25, 0.3) is 5.92 Å². The zero-order chi connectivity index (χ0) is 19.2. The van der Waals surface area contributed by atoms with Crippen molar-refractivity contribution in [1.82, 2.24) is 9.78 Å². The Bertz CT molecular complexity index is 623. The Balaban J connectivity index is 2.29. The highest BCUT2D eigenvalue weighted by atomic mass is 19.4. The maximum absolute atomic E-state index is 13.6. The van der Waals surface area contributed by atoms with Crippen LogP contribution < -0.4 is 0 Å². The molecule has 25 heavy (non-hydrogen) atoms. The predicted molar refractivity (Wildman–Crippen MR) is 66.7 cm³/mol. The third-order valence-corrected chi connectivity index (χ3v) is 3.82. The summed E-state index contributed by atoms with van der Waals surface area (Å²) in [6, 6.07) is 0. The van der Waals surface area contributed by atoms with Crippen LogP contribution in [0.15, 0.2) is 0 Å². The van der Waals surface area contributed by atoms with Gasteiger partial charge in [0.1, 0.15) is 6.10 Å². The van der Waals surface area contributed by atoms with Crippen LogP contribution in [-0.2, 0) is 23.9 Å². The average molecular weight is 382 g/mol. The Morgan fingerprint density at radius 1 is 1.28 bits per heavy atom. The van der Waals surface area contributed by atoms with E-state index in [0.717, 1.165) is 6.92 Å². The molecule has 1 aliphatic rings. The fraction of sp³-hybridized carbons (Fsp3) is 0.769. The summed E-state index contributed by atoms with van der Waals surface area (Å²) in [6.07, 6.45) is -15.8. The van der Waals surface area contributed by atoms with Crippen molar-refractivity contribution in [3.05, 3.63) is 17.0 Å². The number of hydrogen-bond donors (Lipinski definition) is 1. The molecule has 1 heterocycles. The molecule has 0 amide bonds. The molecule has 4 nitrogen and oxygen atoms in total. The summed E-state index contributed by atoms with van der Waals surface area (Å²) in [6.45, 7) is 0.658. The first-order chi connectivity index (χ1) is 11.2. The van der Waals surface area contributed by atoms with Crippen molar-refractivity contribution in [2.24, 2.45) is 0 Å². The first-order valence-corrected chi connectivity index (χ1v) is 7.19. The SMILES string of the molecule is CC(CCn1nc(C(F)(F)F)c2c1CCC(F)(F)[C@H]2O)OC(F)(F)F. The van der Waals surface area contributed by atoms with E-state index in [-0.39, 0.29) is 12.1 Å². The van der Waals surface area contributed by atoms with Crippen molar-refractivity contribution in [3.8, 4) is 0 Å². The molecule has 0 fully saturated rings. The molecule has 12 heteroatoms. The van der Waals surface area contributed by atoms with Gasteiger partial charge in [0.05, 0.1) is 6.10 Å². The molecule has 0 aromatic carbocycles. The van der Waals surface area contributed by atoms with Crippen LogP contribution in [0.1, 0.15) is 42.8 Å². The fourth-order valence-electron chi connectivity index (χ4n) is 2.68. The van der Waals surface area contributed by atoms with Gasteiger partial charge in [0.15, 0.2) is 5.69 Å². The van der Waals surface area contributed by atoms with Gasteiger partial charge in [-0.05, 0) is 19.8 Å². The number of fused-ring (bicyclic) bond motifs is 1. The molecule has 1 unspecified atom stereocenters. The molecule has 0 saturated heterocycles. The number of rotatable bonds is 4. The number of hydrogen-bond acceptors (Lipinski definition) is 3. The monoisotopic (exact) mass is 382 g/mol. The van der Waals surface area contributed by atoms with E-state index >= 15 is 0 Å². The van der Waals surface area contributed by atoms with E-state index in [4.69, 9.17) is 0 Å². The number of aromatic nitrogens is 2. The lowest BCUT2D eigenvalue weighted by atomic mass is 9.89. The standard InChI is InChI=1S/C13H14F8N2O2/c1-6(25-13(19,20)21)3-5-23-7-2-4-11(14,15)10(24)8(7)9(22-23)12(16,17)18/h6,10,24H,2-5H2,1H3/t6?,10-/m0/s1.